The number of aliphatic hydroxyl groups is 1. The molecule has 0 aromatic carbocycles. The molecule has 2 N–H and O–H groups in total. The Morgan fingerprint density at radius 2 is 2.04 bits per heavy atom. The van der Waals surface area contributed by atoms with Crippen LogP contribution in [0.15, 0.2) is 51.3 Å². The van der Waals surface area contributed by atoms with E-state index < -0.39 is 16.1 Å². The summed E-state index contributed by atoms with van der Waals surface area (Å²) in [6.45, 7) is 1.91. The van der Waals surface area contributed by atoms with Crippen molar-refractivity contribution in [3.8, 4) is 10.6 Å². The van der Waals surface area contributed by atoms with E-state index in [0.29, 0.717) is 4.88 Å². The lowest BCUT2D eigenvalue weighted by Gasteiger charge is -2.09. The van der Waals surface area contributed by atoms with Gasteiger partial charge in [0.15, 0.2) is 0 Å². The summed E-state index contributed by atoms with van der Waals surface area (Å²) in [7, 11) is -3.59. The highest BCUT2D eigenvalue weighted by atomic mass is 32.2. The first-order valence-corrected chi connectivity index (χ1v) is 10.5. The van der Waals surface area contributed by atoms with Crippen molar-refractivity contribution < 1.29 is 17.9 Å². The van der Waals surface area contributed by atoms with Crippen molar-refractivity contribution in [2.75, 3.05) is 6.54 Å². The minimum atomic E-state index is -3.59. The quantitative estimate of drug-likeness (QED) is 0.653. The van der Waals surface area contributed by atoms with Crippen molar-refractivity contribution in [2.45, 2.75) is 23.7 Å². The normalized spacial score (nSPS) is 13.2. The van der Waals surface area contributed by atoms with Gasteiger partial charge in [-0.05, 0) is 42.8 Å². The fraction of sp³-hybridized carbons (Fsp3) is 0.250. The molecule has 3 aromatic heterocycles. The van der Waals surface area contributed by atoms with Gasteiger partial charge in [-0.25, -0.2) is 13.1 Å². The largest absolute Gasteiger partial charge is 0.464 e. The van der Waals surface area contributed by atoms with Gasteiger partial charge in [0.25, 0.3) is 0 Å². The van der Waals surface area contributed by atoms with E-state index in [1.807, 2.05) is 25.1 Å². The number of hydrogen-bond acceptors (Lipinski definition) is 6. The molecule has 0 spiro atoms. The fourth-order valence-electron chi connectivity index (χ4n) is 2.14. The molecule has 5 nitrogen and oxygen atoms in total. The van der Waals surface area contributed by atoms with E-state index in [4.69, 9.17) is 4.42 Å². The molecule has 3 heterocycles. The highest BCUT2D eigenvalue weighted by Crippen LogP contribution is 2.31. The second kappa shape index (κ2) is 7.20. The number of rotatable bonds is 7. The molecule has 24 heavy (non-hydrogen) atoms. The van der Waals surface area contributed by atoms with Gasteiger partial charge in [-0.2, -0.15) is 0 Å². The van der Waals surface area contributed by atoms with Gasteiger partial charge in [0.2, 0.25) is 10.0 Å². The lowest BCUT2D eigenvalue weighted by molar-refractivity contribution is 0.186. The van der Waals surface area contributed by atoms with Crippen LogP contribution in [0.5, 0.6) is 0 Å². The Morgan fingerprint density at radius 3 is 2.71 bits per heavy atom. The molecule has 8 heteroatoms. The molecule has 3 rings (SSSR count). The van der Waals surface area contributed by atoms with Crippen molar-refractivity contribution in [1.82, 2.24) is 4.72 Å². The minimum absolute atomic E-state index is 0.0696. The third-order valence-corrected chi connectivity index (χ3v) is 7.78. The Bertz CT molecular complexity index is 894. The van der Waals surface area contributed by atoms with Crippen molar-refractivity contribution in [1.29, 1.82) is 0 Å². The second-order valence-corrected chi connectivity index (χ2v) is 9.40. The van der Waals surface area contributed by atoms with Gasteiger partial charge >= 0.3 is 0 Å². The number of aliphatic hydroxyl groups excluding tert-OH is 1. The van der Waals surface area contributed by atoms with Crippen LogP contribution < -0.4 is 4.72 Å². The average Bonchev–Trinajstić information content (AvgIpc) is 3.33. The molecule has 128 valence electrons. The topological polar surface area (TPSA) is 79.5 Å². The Labute approximate surface area is 148 Å². The van der Waals surface area contributed by atoms with Gasteiger partial charge in [0.05, 0.1) is 11.1 Å². The fourth-order valence-corrected chi connectivity index (χ4v) is 5.48. The molecule has 1 unspecified atom stereocenters. The molecule has 0 aliphatic carbocycles. The summed E-state index contributed by atoms with van der Waals surface area (Å²) >= 11 is 2.62. The van der Waals surface area contributed by atoms with Gasteiger partial charge in [0.1, 0.15) is 16.1 Å². The summed E-state index contributed by atoms with van der Waals surface area (Å²) in [5.41, 5.74) is 0. The van der Waals surface area contributed by atoms with Crippen LogP contribution in [0.4, 0.5) is 0 Å². The van der Waals surface area contributed by atoms with E-state index in [0.717, 1.165) is 21.9 Å². The third kappa shape index (κ3) is 3.79. The zero-order chi connectivity index (χ0) is 17.2. The predicted octanol–water partition coefficient (Wildman–Crippen LogP) is 3.64. The van der Waals surface area contributed by atoms with Crippen molar-refractivity contribution in [2.24, 2.45) is 0 Å². The summed E-state index contributed by atoms with van der Waals surface area (Å²) in [6.07, 6.45) is 1.48. The smallest absolute Gasteiger partial charge is 0.250 e. The number of aryl methyl sites for hydroxylation is 1. The SMILES string of the molecule is CCc1ccc(S(=O)(=O)NCC(O)c2ccc(-c3ccco3)s2)s1. The lowest BCUT2D eigenvalue weighted by Crippen LogP contribution is -2.27. The van der Waals surface area contributed by atoms with Crippen LogP contribution in [0, 0.1) is 0 Å². The maximum atomic E-state index is 12.3. The summed E-state index contributed by atoms with van der Waals surface area (Å²) in [6, 6.07) is 10.7. The summed E-state index contributed by atoms with van der Waals surface area (Å²) in [5, 5.41) is 10.2. The number of furan rings is 1. The zero-order valence-electron chi connectivity index (χ0n) is 12.9. The van der Waals surface area contributed by atoms with E-state index in [9.17, 15) is 13.5 Å². The third-order valence-electron chi connectivity index (χ3n) is 3.44. The molecule has 0 fully saturated rings. The molecule has 0 aliphatic rings. The molecule has 0 radical (unpaired) electrons. The van der Waals surface area contributed by atoms with Crippen molar-refractivity contribution in [3.63, 3.8) is 0 Å². The summed E-state index contributed by atoms with van der Waals surface area (Å²) < 4.78 is 32.6. The second-order valence-electron chi connectivity index (χ2n) is 5.12. The number of hydrogen-bond donors (Lipinski definition) is 2. The Balaban J connectivity index is 1.65. The van der Waals surface area contributed by atoms with E-state index in [-0.39, 0.29) is 10.8 Å². The number of nitrogens with one attached hydrogen (secondary N) is 1. The van der Waals surface area contributed by atoms with Gasteiger partial charge in [-0.3, -0.25) is 0 Å². The van der Waals surface area contributed by atoms with Crippen LogP contribution in [-0.2, 0) is 16.4 Å². The molecular weight excluding hydrogens is 366 g/mol. The van der Waals surface area contributed by atoms with Crippen LogP contribution in [0.1, 0.15) is 22.8 Å². The molecule has 0 saturated carbocycles. The highest BCUT2D eigenvalue weighted by molar-refractivity contribution is 7.91. The van der Waals surface area contributed by atoms with Gasteiger partial charge in [-0.1, -0.05) is 6.92 Å². The molecule has 3 aromatic rings. The van der Waals surface area contributed by atoms with Crippen LogP contribution in [0.2, 0.25) is 0 Å². The first-order valence-electron chi connectivity index (χ1n) is 7.39. The van der Waals surface area contributed by atoms with E-state index in [2.05, 4.69) is 4.72 Å². The number of thiophene rings is 2. The predicted molar refractivity (Wildman–Crippen MR) is 95.9 cm³/mol. The maximum Gasteiger partial charge on any atom is 0.250 e. The molecule has 0 aliphatic heterocycles. The van der Waals surface area contributed by atoms with Crippen molar-refractivity contribution >= 4 is 32.7 Å². The molecule has 1 atom stereocenters. The molecule has 0 bridgehead atoms. The van der Waals surface area contributed by atoms with Crippen LogP contribution >= 0.6 is 22.7 Å². The van der Waals surface area contributed by atoms with Crippen LogP contribution in [0.25, 0.3) is 10.6 Å². The minimum Gasteiger partial charge on any atom is -0.464 e. The van der Waals surface area contributed by atoms with E-state index in [1.54, 1.807) is 24.5 Å². The van der Waals surface area contributed by atoms with Crippen LogP contribution in [-0.4, -0.2) is 20.1 Å². The van der Waals surface area contributed by atoms with Crippen LogP contribution in [0.3, 0.4) is 0 Å². The monoisotopic (exact) mass is 383 g/mol. The summed E-state index contributed by atoms with van der Waals surface area (Å²) in [5.74, 6) is 0.727. The Kier molecular flexibility index (Phi) is 5.21. The Morgan fingerprint density at radius 1 is 1.21 bits per heavy atom. The van der Waals surface area contributed by atoms with Crippen molar-refractivity contribution in [3.05, 3.63) is 52.4 Å². The average molecular weight is 384 g/mol. The molecule has 0 amide bonds. The molecular formula is C16H17NO4S3. The standard InChI is InChI=1S/C16H17NO4S3/c1-2-11-5-8-16(22-11)24(19,20)17-10-12(18)14-6-7-15(23-14)13-4-3-9-21-13/h3-9,12,17-18H,2,10H2,1H3. The first kappa shape index (κ1) is 17.4. The first-order chi connectivity index (χ1) is 11.5. The van der Waals surface area contributed by atoms with E-state index >= 15 is 0 Å². The molecule has 0 saturated heterocycles. The van der Waals surface area contributed by atoms with Gasteiger partial charge in [0, 0.05) is 16.3 Å². The number of sulfonamides is 1. The van der Waals surface area contributed by atoms with Gasteiger partial charge < -0.3 is 9.52 Å². The summed E-state index contributed by atoms with van der Waals surface area (Å²) in [4.78, 5) is 2.59. The zero-order valence-corrected chi connectivity index (χ0v) is 15.4. The maximum absolute atomic E-state index is 12.3. The Hall–Kier alpha value is -1.45. The van der Waals surface area contributed by atoms with Gasteiger partial charge in [-0.15, -0.1) is 22.7 Å². The van der Waals surface area contributed by atoms with E-state index in [1.165, 1.54) is 22.7 Å². The highest BCUT2D eigenvalue weighted by Gasteiger charge is 2.20. The lowest BCUT2D eigenvalue weighted by atomic mass is 10.3.